The van der Waals surface area contributed by atoms with E-state index in [1.54, 1.807) is 0 Å². The Bertz CT molecular complexity index is 1900. The van der Waals surface area contributed by atoms with Gasteiger partial charge in [-0.3, -0.25) is 37.3 Å². The van der Waals surface area contributed by atoms with Crippen LogP contribution in [0.15, 0.2) is 0 Å². The number of esters is 4. The highest BCUT2D eigenvalue weighted by Crippen LogP contribution is 2.45. The molecule has 0 aromatic carbocycles. The first kappa shape index (κ1) is 95.1. The summed E-state index contributed by atoms with van der Waals surface area (Å²) in [7, 11) is -9.92. The number of aliphatic hydroxyl groups is 1. The fourth-order valence-electron chi connectivity index (χ4n) is 11.9. The second-order valence-corrected chi connectivity index (χ2v) is 32.9. The van der Waals surface area contributed by atoms with E-state index in [1.807, 2.05) is 0 Å². The number of phosphoric acid groups is 2. The van der Waals surface area contributed by atoms with Crippen LogP contribution in [0.25, 0.3) is 0 Å². The fourth-order valence-corrected chi connectivity index (χ4v) is 13.5. The van der Waals surface area contributed by atoms with Crippen LogP contribution >= 0.6 is 15.6 Å². The summed E-state index contributed by atoms with van der Waals surface area (Å²) in [6.07, 6.45) is 52.9. The Morgan fingerprint density at radius 2 is 0.433 bits per heavy atom. The number of aliphatic hydroxyl groups excluding tert-OH is 1. The highest BCUT2D eigenvalue weighted by Gasteiger charge is 2.30. The zero-order valence-corrected chi connectivity index (χ0v) is 65.5. The van der Waals surface area contributed by atoms with Gasteiger partial charge in [-0.1, -0.05) is 344 Å². The molecule has 0 aliphatic carbocycles. The molecule has 576 valence electrons. The second-order valence-electron chi connectivity index (χ2n) is 30.0. The van der Waals surface area contributed by atoms with Crippen molar-refractivity contribution in [2.75, 3.05) is 39.6 Å². The minimum absolute atomic E-state index is 0.105. The van der Waals surface area contributed by atoms with Gasteiger partial charge in [0.1, 0.15) is 19.3 Å². The number of carbonyl (C=O) groups excluding carboxylic acids is 4. The van der Waals surface area contributed by atoms with Crippen molar-refractivity contribution in [1.82, 2.24) is 0 Å². The SMILES string of the molecule is CC(C)CCCCCCCCCCCCCCCCCCC(=O)OC[C@H](COP(=O)(O)OC[C@@H](O)COP(=O)(O)OC[C@@H](COC(=O)CCCCCCCCC(C)C)OC(=O)CCCCCCCCCCCCC(C)C)OC(=O)CCCCCCCCCCCCCCCC(C)C. The van der Waals surface area contributed by atoms with Crippen LogP contribution in [0.3, 0.4) is 0 Å². The van der Waals surface area contributed by atoms with Gasteiger partial charge >= 0.3 is 39.5 Å². The molecule has 0 aliphatic rings. The van der Waals surface area contributed by atoms with E-state index in [0.717, 1.165) is 114 Å². The van der Waals surface area contributed by atoms with Gasteiger partial charge in [0, 0.05) is 25.7 Å². The van der Waals surface area contributed by atoms with Crippen LogP contribution in [0.4, 0.5) is 0 Å². The van der Waals surface area contributed by atoms with Crippen molar-refractivity contribution < 1.29 is 80.2 Å². The third kappa shape index (κ3) is 72.2. The van der Waals surface area contributed by atoms with E-state index in [0.29, 0.717) is 31.6 Å². The van der Waals surface area contributed by atoms with Crippen molar-refractivity contribution >= 4 is 39.5 Å². The quantitative estimate of drug-likeness (QED) is 0.0222. The Morgan fingerprint density at radius 3 is 0.639 bits per heavy atom. The minimum atomic E-state index is -4.96. The number of hydrogen-bond donors (Lipinski definition) is 3. The molecule has 0 amide bonds. The first-order valence-electron chi connectivity index (χ1n) is 40.2. The predicted molar refractivity (Wildman–Crippen MR) is 395 cm³/mol. The Hall–Kier alpha value is -1.94. The molecule has 0 spiro atoms. The molecule has 17 nitrogen and oxygen atoms in total. The third-order valence-corrected chi connectivity index (χ3v) is 20.0. The standard InChI is InChI=1S/C78H152O17P2/c1-68(2)54-46-38-30-24-18-14-11-9-10-12-16-20-27-33-42-50-58-75(80)88-64-73(94-77(82)60-52-44-34-28-21-17-13-15-19-25-31-39-47-55-69(3)4)66-92-96(84,85)90-62-72(79)63-91-97(86,87)93-67-74(65-89-76(81)59-51-43-37-36-41-49-57-71(7)8)95-78(83)61-53-45-35-29-23-22-26-32-40-48-56-70(5)6/h68-74,79H,9-67H2,1-8H3,(H,84,85)(H,86,87)/t72-,73-,74-/m1/s1. The monoisotopic (exact) mass is 1420 g/mol. The molecule has 19 heteroatoms. The van der Waals surface area contributed by atoms with E-state index in [1.165, 1.54) is 193 Å². The first-order valence-corrected chi connectivity index (χ1v) is 43.2. The lowest BCUT2D eigenvalue weighted by Gasteiger charge is -2.21. The van der Waals surface area contributed by atoms with E-state index < -0.39 is 97.5 Å². The van der Waals surface area contributed by atoms with E-state index in [4.69, 9.17) is 37.0 Å². The molecule has 0 heterocycles. The maximum absolute atomic E-state index is 13.1. The molecular formula is C78H152O17P2. The maximum atomic E-state index is 13.1. The second kappa shape index (κ2) is 67.2. The molecule has 0 aromatic rings. The zero-order valence-electron chi connectivity index (χ0n) is 63.7. The molecule has 0 saturated carbocycles. The number of hydrogen-bond acceptors (Lipinski definition) is 15. The summed E-state index contributed by atoms with van der Waals surface area (Å²) in [5.41, 5.74) is 0. The summed E-state index contributed by atoms with van der Waals surface area (Å²) in [5, 5.41) is 10.6. The molecule has 97 heavy (non-hydrogen) atoms. The molecular weight excluding hydrogens is 1270 g/mol. The molecule has 2 unspecified atom stereocenters. The van der Waals surface area contributed by atoms with Crippen LogP contribution < -0.4 is 0 Å². The highest BCUT2D eigenvalue weighted by molar-refractivity contribution is 7.47. The van der Waals surface area contributed by atoms with Crippen molar-refractivity contribution in [2.45, 2.75) is 414 Å². The molecule has 0 aliphatic heterocycles. The van der Waals surface area contributed by atoms with Gasteiger partial charge in [0.15, 0.2) is 12.2 Å². The molecule has 5 atom stereocenters. The molecule has 0 rings (SSSR count). The van der Waals surface area contributed by atoms with Crippen molar-refractivity contribution in [3.05, 3.63) is 0 Å². The molecule has 0 fully saturated rings. The zero-order chi connectivity index (χ0) is 71.7. The van der Waals surface area contributed by atoms with Gasteiger partial charge in [0.05, 0.1) is 26.4 Å². The normalized spacial score (nSPS) is 14.1. The van der Waals surface area contributed by atoms with E-state index in [2.05, 4.69) is 55.4 Å². The Balaban J connectivity index is 5.22. The fraction of sp³-hybridized carbons (Fsp3) is 0.949. The van der Waals surface area contributed by atoms with Gasteiger partial charge in [-0.2, -0.15) is 0 Å². The largest absolute Gasteiger partial charge is 0.472 e. The Kier molecular flexibility index (Phi) is 65.9. The predicted octanol–water partition coefficient (Wildman–Crippen LogP) is 22.8. The van der Waals surface area contributed by atoms with E-state index >= 15 is 0 Å². The van der Waals surface area contributed by atoms with Crippen molar-refractivity contribution in [3.63, 3.8) is 0 Å². The number of ether oxygens (including phenoxy) is 4. The first-order chi connectivity index (χ1) is 46.6. The van der Waals surface area contributed by atoms with Crippen LogP contribution in [0.5, 0.6) is 0 Å². The number of carbonyl (C=O) groups is 4. The summed E-state index contributed by atoms with van der Waals surface area (Å²) in [5.74, 6) is 0.911. The summed E-state index contributed by atoms with van der Waals surface area (Å²) in [6, 6.07) is 0. The number of unbranched alkanes of at least 4 members (excludes halogenated alkanes) is 41. The maximum Gasteiger partial charge on any atom is 0.472 e. The van der Waals surface area contributed by atoms with Gasteiger partial charge in [0.2, 0.25) is 0 Å². The molecule has 0 bridgehead atoms. The summed E-state index contributed by atoms with van der Waals surface area (Å²) < 4.78 is 68.6. The van der Waals surface area contributed by atoms with Gasteiger partial charge in [-0.15, -0.1) is 0 Å². The topological polar surface area (TPSA) is 237 Å². The molecule has 0 aromatic heterocycles. The van der Waals surface area contributed by atoms with Crippen LogP contribution in [-0.2, 0) is 65.4 Å². The molecule has 0 saturated heterocycles. The van der Waals surface area contributed by atoms with E-state index in [-0.39, 0.29) is 25.7 Å². The van der Waals surface area contributed by atoms with Gasteiger partial charge in [0.25, 0.3) is 0 Å². The molecule has 0 radical (unpaired) electrons. The van der Waals surface area contributed by atoms with Gasteiger partial charge in [-0.25, -0.2) is 9.13 Å². The summed E-state index contributed by atoms with van der Waals surface area (Å²) in [4.78, 5) is 72.8. The average Bonchev–Trinajstić information content (AvgIpc) is 1.01. The lowest BCUT2D eigenvalue weighted by Crippen LogP contribution is -2.30. The van der Waals surface area contributed by atoms with Crippen molar-refractivity contribution in [1.29, 1.82) is 0 Å². The average molecular weight is 1420 g/mol. The Labute approximate surface area is 594 Å². The Morgan fingerprint density at radius 1 is 0.258 bits per heavy atom. The van der Waals surface area contributed by atoms with Crippen LogP contribution in [-0.4, -0.2) is 96.7 Å². The summed E-state index contributed by atoms with van der Waals surface area (Å²) >= 11 is 0. The van der Waals surface area contributed by atoms with Crippen LogP contribution in [0.1, 0.15) is 396 Å². The third-order valence-electron chi connectivity index (χ3n) is 18.1. The van der Waals surface area contributed by atoms with Crippen LogP contribution in [0, 0.1) is 23.7 Å². The highest BCUT2D eigenvalue weighted by atomic mass is 31.2. The van der Waals surface area contributed by atoms with E-state index in [9.17, 15) is 43.2 Å². The number of rotatable bonds is 75. The van der Waals surface area contributed by atoms with Crippen molar-refractivity contribution in [3.8, 4) is 0 Å². The van der Waals surface area contributed by atoms with Gasteiger partial charge in [-0.05, 0) is 49.4 Å². The smallest absolute Gasteiger partial charge is 0.462 e. The lowest BCUT2D eigenvalue weighted by molar-refractivity contribution is -0.161. The minimum Gasteiger partial charge on any atom is -0.462 e. The lowest BCUT2D eigenvalue weighted by atomic mass is 10.0. The molecule has 3 N–H and O–H groups in total. The summed E-state index contributed by atoms with van der Waals surface area (Å²) in [6.45, 7) is 14.2. The van der Waals surface area contributed by atoms with Crippen molar-refractivity contribution in [2.24, 2.45) is 23.7 Å². The number of phosphoric ester groups is 2. The van der Waals surface area contributed by atoms with Crippen LogP contribution in [0.2, 0.25) is 0 Å². The van der Waals surface area contributed by atoms with Gasteiger partial charge < -0.3 is 33.8 Å².